The molecule has 0 radical (unpaired) electrons. The van der Waals surface area contributed by atoms with E-state index in [1.165, 1.54) is 12.1 Å². The molecule has 31 heavy (non-hydrogen) atoms. The van der Waals surface area contributed by atoms with Gasteiger partial charge in [0, 0.05) is 42.8 Å². The van der Waals surface area contributed by atoms with Gasteiger partial charge in [0.15, 0.2) is 0 Å². The quantitative estimate of drug-likeness (QED) is 0.416. The second-order valence-electron chi connectivity index (χ2n) is 6.89. The van der Waals surface area contributed by atoms with Crippen molar-refractivity contribution in [2.45, 2.75) is 19.4 Å². The minimum Gasteiger partial charge on any atom is -0.368 e. The Morgan fingerprint density at radius 2 is 1.68 bits per heavy atom. The fraction of sp³-hybridized carbons (Fsp3) is 0.136. The van der Waals surface area contributed by atoms with E-state index >= 15 is 0 Å². The first-order valence-electron chi connectivity index (χ1n) is 9.69. The van der Waals surface area contributed by atoms with Gasteiger partial charge < -0.3 is 16.4 Å². The van der Waals surface area contributed by atoms with Crippen molar-refractivity contribution >= 4 is 23.4 Å². The maximum absolute atomic E-state index is 13.5. The number of nitrogens with one attached hydrogen (secondary N) is 2. The maximum Gasteiger partial charge on any atom is 0.223 e. The van der Waals surface area contributed by atoms with E-state index in [0.717, 1.165) is 16.7 Å². The number of rotatable bonds is 7. The van der Waals surface area contributed by atoms with Crippen LogP contribution in [0.3, 0.4) is 0 Å². The summed E-state index contributed by atoms with van der Waals surface area (Å²) in [5.74, 6) is 1.25. The molecule has 4 rings (SSSR count). The summed E-state index contributed by atoms with van der Waals surface area (Å²) >= 11 is 0. The molecule has 0 bridgehead atoms. The number of nitrogen functional groups attached to an aromatic ring is 1. The summed E-state index contributed by atoms with van der Waals surface area (Å²) in [7, 11) is 0. The Bertz CT molecular complexity index is 1140. The zero-order valence-corrected chi connectivity index (χ0v) is 16.8. The molecule has 1 aromatic carbocycles. The van der Waals surface area contributed by atoms with Gasteiger partial charge in [-0.2, -0.15) is 9.97 Å². The van der Waals surface area contributed by atoms with Crippen molar-refractivity contribution in [1.29, 1.82) is 0 Å². The number of anilines is 4. The highest BCUT2D eigenvalue weighted by atomic mass is 19.1. The number of pyridine rings is 1. The van der Waals surface area contributed by atoms with Crippen molar-refractivity contribution in [2.24, 2.45) is 0 Å². The molecule has 8 nitrogen and oxygen atoms in total. The first-order valence-corrected chi connectivity index (χ1v) is 9.69. The van der Waals surface area contributed by atoms with Gasteiger partial charge >= 0.3 is 0 Å². The smallest absolute Gasteiger partial charge is 0.223 e. The van der Waals surface area contributed by atoms with E-state index in [1.54, 1.807) is 43.1 Å². The predicted molar refractivity (Wildman–Crippen MR) is 117 cm³/mol. The zero-order chi connectivity index (χ0) is 21.6. The maximum atomic E-state index is 13.5. The summed E-state index contributed by atoms with van der Waals surface area (Å²) in [5, 5.41) is 6.53. The minimum atomic E-state index is -0.293. The van der Waals surface area contributed by atoms with Gasteiger partial charge in [-0.05, 0) is 35.4 Å². The van der Waals surface area contributed by atoms with Gasteiger partial charge in [-0.15, -0.1) is 0 Å². The predicted octanol–water partition coefficient (Wildman–Crippen LogP) is 3.89. The molecule has 3 aromatic heterocycles. The first kappa shape index (κ1) is 20.1. The molecule has 1 atom stereocenters. The van der Waals surface area contributed by atoms with Crippen LogP contribution in [0.25, 0.3) is 0 Å². The van der Waals surface area contributed by atoms with E-state index in [-0.39, 0.29) is 17.7 Å². The second-order valence-corrected chi connectivity index (χ2v) is 6.89. The zero-order valence-electron chi connectivity index (χ0n) is 16.8. The lowest BCUT2D eigenvalue weighted by atomic mass is 9.93. The third kappa shape index (κ3) is 4.89. The van der Waals surface area contributed by atoms with Gasteiger partial charge in [0.25, 0.3) is 0 Å². The van der Waals surface area contributed by atoms with Crippen LogP contribution < -0.4 is 16.4 Å². The van der Waals surface area contributed by atoms with E-state index in [4.69, 9.17) is 5.73 Å². The van der Waals surface area contributed by atoms with E-state index in [0.29, 0.717) is 24.0 Å². The lowest BCUT2D eigenvalue weighted by Gasteiger charge is -2.21. The van der Waals surface area contributed by atoms with E-state index in [9.17, 15) is 4.39 Å². The number of hydrogen-bond donors (Lipinski definition) is 3. The summed E-state index contributed by atoms with van der Waals surface area (Å²) in [5.41, 5.74) is 8.73. The number of nitrogens with zero attached hydrogens (tertiary/aromatic N) is 5. The average Bonchev–Trinajstić information content (AvgIpc) is 2.79. The fourth-order valence-corrected chi connectivity index (χ4v) is 3.22. The molecule has 4 N–H and O–H groups in total. The molecule has 0 spiro atoms. The molecule has 0 saturated carbocycles. The number of aromatic nitrogens is 5. The molecule has 4 aromatic rings. The van der Waals surface area contributed by atoms with Crippen molar-refractivity contribution in [1.82, 2.24) is 24.9 Å². The van der Waals surface area contributed by atoms with Crippen LogP contribution in [0.2, 0.25) is 0 Å². The fourth-order valence-electron chi connectivity index (χ4n) is 3.22. The molecular weight excluding hydrogens is 395 g/mol. The number of nitrogens with two attached hydrogens (primary N) is 1. The average molecular weight is 416 g/mol. The van der Waals surface area contributed by atoms with Gasteiger partial charge in [0.2, 0.25) is 5.95 Å². The van der Waals surface area contributed by atoms with Crippen LogP contribution in [0.4, 0.5) is 27.8 Å². The van der Waals surface area contributed by atoms with Gasteiger partial charge in [-0.3, -0.25) is 9.97 Å². The number of halogens is 1. The van der Waals surface area contributed by atoms with Crippen LogP contribution in [0.15, 0.2) is 67.4 Å². The molecule has 0 amide bonds. The Hall–Kier alpha value is -4.14. The van der Waals surface area contributed by atoms with Crippen molar-refractivity contribution in [3.05, 3.63) is 89.9 Å². The summed E-state index contributed by atoms with van der Waals surface area (Å²) in [6, 6.07) is 10.2. The van der Waals surface area contributed by atoms with E-state index in [1.807, 2.05) is 19.1 Å². The Labute approximate surface area is 178 Å². The molecule has 0 fully saturated rings. The monoisotopic (exact) mass is 416 g/mol. The lowest BCUT2D eigenvalue weighted by molar-refractivity contribution is 0.626. The number of benzene rings is 1. The second kappa shape index (κ2) is 9.12. The molecule has 3 heterocycles. The molecule has 156 valence electrons. The summed E-state index contributed by atoms with van der Waals surface area (Å²) < 4.78 is 13.5. The normalized spacial score (nSPS) is 11.7. The van der Waals surface area contributed by atoms with E-state index in [2.05, 4.69) is 35.6 Å². The minimum absolute atomic E-state index is 0.110. The topological polar surface area (TPSA) is 115 Å². The van der Waals surface area contributed by atoms with E-state index < -0.39 is 0 Å². The van der Waals surface area contributed by atoms with Crippen LogP contribution >= 0.6 is 0 Å². The van der Waals surface area contributed by atoms with Crippen molar-refractivity contribution in [3.8, 4) is 0 Å². The lowest BCUT2D eigenvalue weighted by Crippen LogP contribution is -2.14. The highest BCUT2D eigenvalue weighted by Crippen LogP contribution is 2.36. The third-order valence-corrected chi connectivity index (χ3v) is 4.78. The van der Waals surface area contributed by atoms with Gasteiger partial charge in [0.1, 0.15) is 23.3 Å². The highest BCUT2D eigenvalue weighted by Gasteiger charge is 2.22. The van der Waals surface area contributed by atoms with Crippen molar-refractivity contribution in [3.63, 3.8) is 0 Å². The van der Waals surface area contributed by atoms with Crippen molar-refractivity contribution in [2.75, 3.05) is 16.4 Å². The Balaban J connectivity index is 1.75. The molecular formula is C22H21FN8. The molecule has 9 heteroatoms. The van der Waals surface area contributed by atoms with Gasteiger partial charge in [-0.1, -0.05) is 19.1 Å². The molecule has 0 aliphatic heterocycles. The van der Waals surface area contributed by atoms with Crippen LogP contribution in [0.5, 0.6) is 0 Å². The largest absolute Gasteiger partial charge is 0.368 e. The highest BCUT2D eigenvalue weighted by molar-refractivity contribution is 5.67. The van der Waals surface area contributed by atoms with Crippen LogP contribution in [0.1, 0.15) is 29.5 Å². The Morgan fingerprint density at radius 3 is 2.39 bits per heavy atom. The Morgan fingerprint density at radius 1 is 0.935 bits per heavy atom. The van der Waals surface area contributed by atoms with Crippen molar-refractivity contribution < 1.29 is 4.39 Å². The first-order chi connectivity index (χ1) is 15.1. The van der Waals surface area contributed by atoms with Gasteiger partial charge in [-0.25, -0.2) is 9.37 Å². The standard InChI is InChI=1S/C22H21FN8/c1-14(16-2-4-17(23)5-3-16)19-20(28-12-15-6-8-25-9-7-15)30-22(24)31-21(19)29-18-13-26-10-11-27-18/h2-11,13-14H,12H2,1H3,(H4,24,27,28,29,30,31). The SMILES string of the molecule is CC(c1ccc(F)cc1)c1c(NCc2ccncc2)nc(N)nc1Nc1cnccn1. The van der Waals surface area contributed by atoms with Crippen LogP contribution in [0, 0.1) is 5.82 Å². The molecule has 0 saturated heterocycles. The number of hydrogen-bond acceptors (Lipinski definition) is 8. The third-order valence-electron chi connectivity index (χ3n) is 4.78. The van der Waals surface area contributed by atoms with Crippen LogP contribution in [-0.2, 0) is 6.54 Å². The molecule has 0 aliphatic rings. The summed E-state index contributed by atoms with van der Waals surface area (Å²) in [4.78, 5) is 21.2. The van der Waals surface area contributed by atoms with Crippen LogP contribution in [-0.4, -0.2) is 24.9 Å². The molecule has 0 aliphatic carbocycles. The Kier molecular flexibility index (Phi) is 5.93. The summed E-state index contributed by atoms with van der Waals surface area (Å²) in [6.45, 7) is 2.52. The van der Waals surface area contributed by atoms with Gasteiger partial charge in [0.05, 0.1) is 6.20 Å². The molecule has 1 unspecified atom stereocenters. The summed E-state index contributed by atoms with van der Waals surface area (Å²) in [6.07, 6.45) is 8.22.